The van der Waals surface area contributed by atoms with Crippen molar-refractivity contribution >= 4 is 72.0 Å². The zero-order valence-corrected chi connectivity index (χ0v) is 62.8. The molecule has 6 aliphatic rings. The largest absolute Gasteiger partial charge is 0.444 e. The highest BCUT2D eigenvalue weighted by atomic mass is 79.9. The van der Waals surface area contributed by atoms with E-state index in [0.717, 1.165) is 135 Å². The number of piperazine rings is 1. The molecule has 2 aliphatic carbocycles. The summed E-state index contributed by atoms with van der Waals surface area (Å²) in [5.41, 5.74) is 9.48. The van der Waals surface area contributed by atoms with Gasteiger partial charge in [0.15, 0.2) is 0 Å². The molecule has 0 N–H and O–H groups in total. The third kappa shape index (κ3) is 18.8. The van der Waals surface area contributed by atoms with Gasteiger partial charge in [-0.15, -0.1) is 0 Å². The number of benzene rings is 2. The normalized spacial score (nSPS) is 21.1. The minimum absolute atomic E-state index is 0. The van der Waals surface area contributed by atoms with E-state index in [2.05, 4.69) is 156 Å². The molecule has 2 saturated carbocycles. The number of likely N-dealkylation sites (tertiary alicyclic amines) is 3. The molecule has 6 fully saturated rings. The summed E-state index contributed by atoms with van der Waals surface area (Å²) in [4.78, 5) is 56.7. The quantitative estimate of drug-likeness (QED) is 0.0710. The van der Waals surface area contributed by atoms with E-state index < -0.39 is 21.7 Å². The smallest absolute Gasteiger partial charge is 0.410 e. The van der Waals surface area contributed by atoms with Gasteiger partial charge in [0, 0.05) is 77.9 Å². The second-order valence-electron chi connectivity index (χ2n) is 32.0. The maximum atomic E-state index is 13.2. The Morgan fingerprint density at radius 1 is 0.552 bits per heavy atom. The van der Waals surface area contributed by atoms with Crippen molar-refractivity contribution in [1.29, 1.82) is 0 Å². The summed E-state index contributed by atoms with van der Waals surface area (Å²) in [7, 11) is 2.11. The molecule has 12 rings (SSSR count). The van der Waals surface area contributed by atoms with Gasteiger partial charge in [-0.25, -0.2) is 19.6 Å². The van der Waals surface area contributed by atoms with Crippen LogP contribution in [0.3, 0.4) is 0 Å². The van der Waals surface area contributed by atoms with Crippen LogP contribution in [0, 0.1) is 13.8 Å². The molecule has 0 unspecified atom stereocenters. The number of hydrogen-bond acceptors (Lipinski definition) is 13. The molecule has 532 valence electrons. The number of halogens is 1. The van der Waals surface area contributed by atoms with Crippen molar-refractivity contribution in [2.75, 3.05) is 58.4 Å². The summed E-state index contributed by atoms with van der Waals surface area (Å²) in [6.07, 6.45) is 18.1. The van der Waals surface area contributed by atoms with Crippen LogP contribution in [0.25, 0.3) is 22.1 Å². The highest BCUT2D eigenvalue weighted by Gasteiger charge is 2.55. The molecule has 0 radical (unpaired) electrons. The van der Waals surface area contributed by atoms with E-state index in [1.54, 1.807) is 0 Å². The Labute approximate surface area is 588 Å². The van der Waals surface area contributed by atoms with Crippen LogP contribution in [0.4, 0.5) is 15.3 Å². The highest BCUT2D eigenvalue weighted by Crippen LogP contribution is 2.50. The first kappa shape index (κ1) is 78.1. The average Bonchev–Trinajstić information content (AvgIpc) is 1.58. The van der Waals surface area contributed by atoms with Gasteiger partial charge in [-0.2, -0.15) is 0 Å². The molecule has 2 aromatic carbocycles. The second-order valence-corrected chi connectivity index (χ2v) is 44.1. The van der Waals surface area contributed by atoms with Crippen LogP contribution in [0.1, 0.15) is 206 Å². The number of carbonyl (C=O) groups is 2. The standard InChI is InChI=1S/C36H54N6O3Si.C25H35BrN4OSi.C12H21NO2.3CH4/c1-26-12-11-19-37-31(26)28-14-10-16-30(39(28)5)33-38-27-13-9-15-29(32(27)41(33)25-44-22-23-46(6,7)8)40-20-21-42(36(24-40)17-18-36)34(43)45-35(2,3)4;1-18-9-8-14-27-23(18)21-12-7-13-22(29(21)2)25-28-20-11-6-10-19(26)24(20)30(25)17-31-15-16-32(3,4)5;1-11(2,3)15-10(14)13-9-5-4-6-12(13)7-8-12;;;/h9,11-13,15,19,28,30H,10,14,16-18,20-25H2,1-8H3;6,8-11,14,21-22H,7,12-13,15-17H2,1-5H3;4-9H2,1-3H3;3*1H4/t28-,30+;21-,22+;;;;/m00..../s1. The molecule has 0 bridgehead atoms. The number of imidazole rings is 2. The third-order valence-electron chi connectivity index (χ3n) is 19.9. The van der Waals surface area contributed by atoms with Gasteiger partial charge in [0.25, 0.3) is 0 Å². The number of nitrogens with zero attached hydrogens (tertiary/aromatic N) is 11. The van der Waals surface area contributed by atoms with Crippen molar-refractivity contribution in [3.63, 3.8) is 0 Å². The van der Waals surface area contributed by atoms with Crippen molar-refractivity contribution in [2.24, 2.45) is 0 Å². The summed E-state index contributed by atoms with van der Waals surface area (Å²) in [5.74, 6) is 2.17. The summed E-state index contributed by atoms with van der Waals surface area (Å²) < 4.78 is 29.7. The summed E-state index contributed by atoms with van der Waals surface area (Å²) in [6, 6.07) is 24.4. The number of piperidine rings is 3. The zero-order valence-electron chi connectivity index (χ0n) is 59.2. The van der Waals surface area contributed by atoms with Gasteiger partial charge in [0.05, 0.1) is 68.8 Å². The Bertz CT molecular complexity index is 3540. The Balaban J connectivity index is 0.000000225. The van der Waals surface area contributed by atoms with Gasteiger partial charge in [0.2, 0.25) is 0 Å². The summed E-state index contributed by atoms with van der Waals surface area (Å²) in [6.45, 7) is 35.9. The van der Waals surface area contributed by atoms with Crippen LogP contribution in [0.15, 0.2) is 77.5 Å². The van der Waals surface area contributed by atoms with Crippen molar-refractivity contribution < 1.29 is 28.5 Å². The maximum absolute atomic E-state index is 13.2. The van der Waals surface area contributed by atoms with Gasteiger partial charge >= 0.3 is 12.2 Å². The van der Waals surface area contributed by atoms with Crippen LogP contribution in [0.2, 0.25) is 51.4 Å². The van der Waals surface area contributed by atoms with Crippen LogP contribution >= 0.6 is 15.9 Å². The number of hydrogen-bond donors (Lipinski definition) is 0. The van der Waals surface area contributed by atoms with Crippen molar-refractivity contribution in [3.05, 3.63) is 112 Å². The maximum Gasteiger partial charge on any atom is 0.410 e. The van der Waals surface area contributed by atoms with Gasteiger partial charge < -0.3 is 37.9 Å². The summed E-state index contributed by atoms with van der Waals surface area (Å²) in [5, 5.41) is 0. The molecular weight excluding hydrogens is 1300 g/mol. The van der Waals surface area contributed by atoms with Crippen LogP contribution in [0.5, 0.6) is 0 Å². The van der Waals surface area contributed by atoms with Crippen molar-refractivity contribution in [2.45, 2.75) is 272 Å². The lowest BCUT2D eigenvalue weighted by molar-refractivity contribution is 0.00557. The lowest BCUT2D eigenvalue weighted by atomic mass is 9.92. The third-order valence-corrected chi connectivity index (χ3v) is 23.9. The molecule has 6 aromatic rings. The fourth-order valence-corrected chi connectivity index (χ4v) is 16.5. The number of aryl methyl sites for hydroxylation is 2. The predicted molar refractivity (Wildman–Crippen MR) is 404 cm³/mol. The number of para-hydroxylation sites is 2. The van der Waals surface area contributed by atoms with Gasteiger partial charge in [-0.3, -0.25) is 24.7 Å². The molecule has 8 heterocycles. The number of pyridine rings is 2. The molecule has 4 aliphatic heterocycles. The Morgan fingerprint density at radius 3 is 1.46 bits per heavy atom. The number of amides is 2. The van der Waals surface area contributed by atoms with E-state index in [0.29, 0.717) is 26.0 Å². The number of ether oxygens (including phenoxy) is 4. The molecule has 4 aromatic heterocycles. The minimum atomic E-state index is -1.24. The molecule has 17 nitrogen and oxygen atoms in total. The Kier molecular flexibility index (Phi) is 26.0. The number of carbonyl (C=O) groups excluding carboxylic acids is 2. The SMILES string of the molecule is C.C.C.CC(C)(C)OC(=O)N1CCCCC12CC2.Cc1cccnc1[C@@H]1CCC[C@H](c2nc3cccc(Br)c3n2COCC[Si](C)(C)C)N1C.Cc1cccnc1[C@@H]1CCC[C@H](c2nc3cccc(N4CCN(C(=O)OC(C)(C)C)C5(CC5)C4)c3n2COCC[Si](C)(C)C)N1C. The Hall–Kier alpha value is -5.23. The van der Waals surface area contributed by atoms with Gasteiger partial charge in [-0.1, -0.05) is 85.8 Å². The first-order valence-electron chi connectivity index (χ1n) is 34.8. The Morgan fingerprint density at radius 2 is 1.00 bits per heavy atom. The first-order chi connectivity index (χ1) is 44.0. The molecule has 96 heavy (non-hydrogen) atoms. The van der Waals surface area contributed by atoms with E-state index in [-0.39, 0.29) is 69.3 Å². The number of fused-ring (bicyclic) bond motifs is 2. The molecule has 20 heteroatoms. The predicted octanol–water partition coefficient (Wildman–Crippen LogP) is 19.1. The second kappa shape index (κ2) is 32.0. The first-order valence-corrected chi connectivity index (χ1v) is 43.0. The lowest BCUT2D eigenvalue weighted by Gasteiger charge is -2.43. The monoisotopic (exact) mass is 1420 g/mol. The van der Waals surface area contributed by atoms with E-state index in [9.17, 15) is 9.59 Å². The van der Waals surface area contributed by atoms with E-state index >= 15 is 0 Å². The molecule has 4 saturated heterocycles. The average molecular weight is 1420 g/mol. The molecule has 2 spiro atoms. The van der Waals surface area contributed by atoms with Crippen LogP contribution < -0.4 is 4.90 Å². The molecule has 4 atom stereocenters. The van der Waals surface area contributed by atoms with Crippen LogP contribution in [-0.2, 0) is 32.4 Å². The summed E-state index contributed by atoms with van der Waals surface area (Å²) >= 11 is 3.77. The van der Waals surface area contributed by atoms with Crippen LogP contribution in [-0.4, -0.2) is 153 Å². The topological polar surface area (TPSA) is 149 Å². The highest BCUT2D eigenvalue weighted by molar-refractivity contribution is 9.10. The van der Waals surface area contributed by atoms with Gasteiger partial charge in [-0.05, 0) is 228 Å². The number of aromatic nitrogens is 6. The van der Waals surface area contributed by atoms with E-state index in [4.69, 9.17) is 38.9 Å². The zero-order chi connectivity index (χ0) is 66.8. The molecule has 2 amide bonds. The molecular formula is C76H122BrN11O6Si2. The van der Waals surface area contributed by atoms with Crippen molar-refractivity contribution in [1.82, 2.24) is 48.7 Å². The number of anilines is 1. The van der Waals surface area contributed by atoms with E-state index in [1.807, 2.05) is 75.9 Å². The van der Waals surface area contributed by atoms with Crippen molar-refractivity contribution in [3.8, 4) is 0 Å². The van der Waals surface area contributed by atoms with Gasteiger partial charge in [0.1, 0.15) is 36.3 Å². The fraction of sp³-hybridized carbons (Fsp3) is 0.658. The fourth-order valence-electron chi connectivity index (χ4n) is 14.4. The minimum Gasteiger partial charge on any atom is -0.444 e. The van der Waals surface area contributed by atoms with E-state index in [1.165, 1.54) is 59.9 Å². The number of rotatable bonds is 15. The lowest BCUT2D eigenvalue weighted by Crippen LogP contribution is -2.58.